The first-order valence-corrected chi connectivity index (χ1v) is 20.5. The van der Waals surface area contributed by atoms with Gasteiger partial charge >= 0.3 is 17.9 Å². The molecule has 0 bridgehead atoms. The van der Waals surface area contributed by atoms with E-state index in [1.807, 2.05) is 0 Å². The number of aryl methyl sites for hydroxylation is 2. The van der Waals surface area contributed by atoms with E-state index in [4.69, 9.17) is 21.1 Å². The van der Waals surface area contributed by atoms with Gasteiger partial charge in [0.25, 0.3) is 10.0 Å². The zero-order chi connectivity index (χ0) is 43.4. The molecule has 0 spiro atoms. The van der Waals surface area contributed by atoms with Gasteiger partial charge in [-0.2, -0.15) is 12.6 Å². The molecule has 0 aromatic carbocycles. The zero-order valence-corrected chi connectivity index (χ0v) is 33.4. The van der Waals surface area contributed by atoms with Crippen LogP contribution in [0, 0.1) is 0 Å². The molecule has 25 nitrogen and oxygen atoms in total. The number of sulfonamides is 1. The van der Waals surface area contributed by atoms with E-state index < -0.39 is 98.8 Å². The molecular weight excluding hydrogens is 833 g/mol. The molecule has 0 aliphatic heterocycles. The number of aliphatic carboxylic acids is 3. The number of nitrogens with zero attached hydrogens (tertiary/aromatic N) is 5. The Kier molecular flexibility index (Phi) is 20.6. The number of carboxylic acid groups (broad SMARTS) is 3. The standard InChI is InChI=1S/C30H46N12O13S3/c31-17(25(49)35-19(13-24(47)48)27(51)36-20(15-56)28(52)53)7-1-3-10-33-26(50)18(12-23(45)46)34-21(43)8-2-4-11-42-14-16(38-41-42)6-5-9-22(44)37-29-39-40-30(57-29)58(32,54)55/h14,17-20,56H,1-13,15,31H2,(H,33,50)(H,34,43)(H,35,49)(H,36,51)(H,45,46)(H,47,48)(H,52,53)(H2,32,54,55)(H,37,39,44)/t17-,18-,19-,20-/m0/s1. The number of amides is 5. The third-order valence-electron chi connectivity index (χ3n) is 7.78. The molecule has 2 aromatic rings. The van der Waals surface area contributed by atoms with Crippen molar-refractivity contribution in [2.24, 2.45) is 10.9 Å². The monoisotopic (exact) mass is 878 g/mol. The fourth-order valence-electron chi connectivity index (χ4n) is 4.83. The predicted octanol–water partition coefficient (Wildman–Crippen LogP) is -3.06. The predicted molar refractivity (Wildman–Crippen MR) is 203 cm³/mol. The highest BCUT2D eigenvalue weighted by Crippen LogP contribution is 2.19. The van der Waals surface area contributed by atoms with Gasteiger partial charge in [-0.05, 0) is 44.9 Å². The number of rotatable bonds is 28. The molecule has 4 atom stereocenters. The summed E-state index contributed by atoms with van der Waals surface area (Å²) in [5.41, 5.74) is 6.49. The number of carbonyl (C=O) groups excluding carboxylic acids is 5. The molecule has 0 fully saturated rings. The molecule has 0 saturated heterocycles. The number of primary sulfonamides is 1. The first-order valence-electron chi connectivity index (χ1n) is 17.5. The van der Waals surface area contributed by atoms with Crippen molar-refractivity contribution < 1.29 is 62.1 Å². The molecule has 5 amide bonds. The minimum atomic E-state index is -4.02. The highest BCUT2D eigenvalue weighted by atomic mass is 32.2. The van der Waals surface area contributed by atoms with E-state index in [1.54, 1.807) is 10.9 Å². The second kappa shape index (κ2) is 24.5. The Labute approximate surface area is 340 Å². The van der Waals surface area contributed by atoms with Gasteiger partial charge in [0.15, 0.2) is 0 Å². The van der Waals surface area contributed by atoms with Gasteiger partial charge in [-0.3, -0.25) is 38.2 Å². The average molecular weight is 879 g/mol. The van der Waals surface area contributed by atoms with Gasteiger partial charge in [0.05, 0.1) is 24.6 Å². The fourth-order valence-corrected chi connectivity index (χ4v) is 6.43. The first-order chi connectivity index (χ1) is 27.3. The number of carboxylic acids is 3. The van der Waals surface area contributed by atoms with Crippen LogP contribution >= 0.6 is 24.0 Å². The number of anilines is 1. The number of hydrogen-bond donors (Lipinski definition) is 11. The number of carbonyl (C=O) groups is 8. The van der Waals surface area contributed by atoms with Crippen molar-refractivity contribution in [2.75, 3.05) is 17.6 Å². The summed E-state index contributed by atoms with van der Waals surface area (Å²) in [7, 11) is -4.02. The van der Waals surface area contributed by atoms with Gasteiger partial charge in [-0.1, -0.05) is 16.6 Å². The van der Waals surface area contributed by atoms with Gasteiger partial charge in [0, 0.05) is 37.9 Å². The molecule has 0 radical (unpaired) electrons. The van der Waals surface area contributed by atoms with Gasteiger partial charge < -0.3 is 47.6 Å². The summed E-state index contributed by atoms with van der Waals surface area (Å²) in [6.07, 6.45) is 2.51. The van der Waals surface area contributed by atoms with Crippen LogP contribution in [0.1, 0.15) is 69.9 Å². The van der Waals surface area contributed by atoms with Gasteiger partial charge in [0.2, 0.25) is 39.0 Å². The maximum absolute atomic E-state index is 12.7. The Morgan fingerprint density at radius 3 is 2.03 bits per heavy atom. The van der Waals surface area contributed by atoms with Crippen molar-refractivity contribution in [3.05, 3.63) is 11.9 Å². The van der Waals surface area contributed by atoms with Crippen LogP contribution in [0.5, 0.6) is 0 Å². The maximum Gasteiger partial charge on any atom is 0.327 e. The van der Waals surface area contributed by atoms with Crippen LogP contribution in [0.25, 0.3) is 0 Å². The Balaban J connectivity index is 1.69. The molecule has 28 heteroatoms. The number of thiol groups is 1. The molecule has 12 N–H and O–H groups in total. The van der Waals surface area contributed by atoms with Crippen molar-refractivity contribution in [1.82, 2.24) is 46.5 Å². The summed E-state index contributed by atoms with van der Waals surface area (Å²) in [6.45, 7) is 0.432. The van der Waals surface area contributed by atoms with E-state index in [1.165, 1.54) is 0 Å². The van der Waals surface area contributed by atoms with E-state index >= 15 is 0 Å². The number of nitrogens with two attached hydrogens (primary N) is 2. The lowest BCUT2D eigenvalue weighted by molar-refractivity contribution is -0.143. The zero-order valence-electron chi connectivity index (χ0n) is 30.9. The molecule has 0 aliphatic carbocycles. The number of nitrogens with one attached hydrogen (secondary N) is 5. The van der Waals surface area contributed by atoms with Crippen molar-refractivity contribution in [2.45, 2.75) is 106 Å². The summed E-state index contributed by atoms with van der Waals surface area (Å²) < 4.78 is 23.7. The third-order valence-corrected chi connectivity index (χ3v) is 10.3. The lowest BCUT2D eigenvalue weighted by atomic mass is 10.1. The fraction of sp³-hybridized carbons (Fsp3) is 0.600. The van der Waals surface area contributed by atoms with Crippen LogP contribution in [-0.4, -0.2) is 133 Å². The minimum Gasteiger partial charge on any atom is -0.481 e. The number of unbranched alkanes of at least 4 members (excludes halogenated alkanes) is 2. The van der Waals surface area contributed by atoms with Crippen LogP contribution in [0.4, 0.5) is 5.13 Å². The molecule has 0 saturated carbocycles. The highest BCUT2D eigenvalue weighted by molar-refractivity contribution is 7.91. The second-order valence-electron chi connectivity index (χ2n) is 12.6. The first kappa shape index (κ1) is 48.8. The van der Waals surface area contributed by atoms with Crippen LogP contribution in [0.15, 0.2) is 10.5 Å². The van der Waals surface area contributed by atoms with E-state index in [-0.39, 0.29) is 49.5 Å². The van der Waals surface area contributed by atoms with Crippen LogP contribution in [-0.2, 0) is 61.3 Å². The van der Waals surface area contributed by atoms with E-state index in [0.717, 1.165) is 0 Å². The summed E-state index contributed by atoms with van der Waals surface area (Å²) >= 11 is 4.44. The average Bonchev–Trinajstić information content (AvgIpc) is 3.80. The topological polar surface area (TPSA) is 400 Å². The van der Waals surface area contributed by atoms with Crippen molar-refractivity contribution in [3.63, 3.8) is 0 Å². The van der Waals surface area contributed by atoms with Crippen molar-refractivity contribution >= 4 is 86.6 Å². The summed E-state index contributed by atoms with van der Waals surface area (Å²) in [4.78, 5) is 96.1. The molecule has 2 rings (SSSR count). The summed E-state index contributed by atoms with van der Waals surface area (Å²) in [5, 5.41) is 59.2. The lowest BCUT2D eigenvalue weighted by Gasteiger charge is -2.21. The van der Waals surface area contributed by atoms with Crippen molar-refractivity contribution in [3.8, 4) is 0 Å². The smallest absolute Gasteiger partial charge is 0.327 e. The highest BCUT2D eigenvalue weighted by Gasteiger charge is 2.29. The number of aromatic nitrogens is 5. The minimum absolute atomic E-state index is 0.00375. The summed E-state index contributed by atoms with van der Waals surface area (Å²) in [6, 6.07) is -5.59. The van der Waals surface area contributed by atoms with E-state index in [0.29, 0.717) is 49.3 Å². The molecule has 58 heavy (non-hydrogen) atoms. The lowest BCUT2D eigenvalue weighted by Crippen LogP contribution is -2.55. The largest absolute Gasteiger partial charge is 0.481 e. The van der Waals surface area contributed by atoms with E-state index in [2.05, 4.69) is 59.7 Å². The SMILES string of the molecule is N[C@@H](CCCCNC(=O)[C@H](CC(=O)O)NC(=O)CCCCn1cc(CCCC(=O)Nc2nnc(S(N)(=O)=O)s2)nn1)C(=O)N[C@@H](CC(=O)O)C(=O)N[C@@H](CS)C(=O)O. The Morgan fingerprint density at radius 2 is 1.43 bits per heavy atom. The molecule has 0 unspecified atom stereocenters. The normalized spacial score (nSPS) is 13.3. The van der Waals surface area contributed by atoms with Crippen LogP contribution in [0.2, 0.25) is 0 Å². The molecule has 0 aliphatic rings. The van der Waals surface area contributed by atoms with Gasteiger partial charge in [-0.15, -0.1) is 15.3 Å². The molecule has 2 aromatic heterocycles. The van der Waals surface area contributed by atoms with Crippen LogP contribution in [0.3, 0.4) is 0 Å². The maximum atomic E-state index is 12.7. The quantitative estimate of drug-likeness (QED) is 0.0230. The molecular formula is C30H46N12O13S3. The molecule has 2 heterocycles. The Hall–Kier alpha value is -5.32. The second-order valence-corrected chi connectivity index (χ2v) is 15.7. The molecule has 322 valence electrons. The number of hydrogen-bond acceptors (Lipinski definition) is 17. The van der Waals surface area contributed by atoms with Crippen molar-refractivity contribution in [1.29, 1.82) is 0 Å². The van der Waals surface area contributed by atoms with Crippen LogP contribution < -0.4 is 37.5 Å². The summed E-state index contributed by atoms with van der Waals surface area (Å²) in [5.74, 6) is -8.08. The van der Waals surface area contributed by atoms with E-state index in [9.17, 15) is 51.9 Å². The Bertz CT molecular complexity index is 1870. The Morgan fingerprint density at radius 1 is 0.793 bits per heavy atom. The third kappa shape index (κ3) is 18.7. The van der Waals surface area contributed by atoms with Gasteiger partial charge in [-0.25, -0.2) is 18.4 Å². The van der Waals surface area contributed by atoms with Gasteiger partial charge in [0.1, 0.15) is 18.1 Å².